The maximum Gasteiger partial charge on any atom is 0.255 e. The molecule has 0 spiro atoms. The van der Waals surface area contributed by atoms with Gasteiger partial charge < -0.3 is 15.6 Å². The van der Waals surface area contributed by atoms with Gasteiger partial charge in [-0.2, -0.15) is 0 Å². The molecule has 2 amide bonds. The fourth-order valence-electron chi connectivity index (χ4n) is 5.11. The van der Waals surface area contributed by atoms with Crippen molar-refractivity contribution in [2.75, 3.05) is 10.6 Å². The molecule has 49 heavy (non-hydrogen) atoms. The number of carbonyl (C=O) groups is 2. The van der Waals surface area contributed by atoms with Crippen LogP contribution in [0.5, 0.6) is 0 Å². The Hall–Kier alpha value is -6.93. The molecule has 7 aromatic rings. The molecule has 1 aromatic heterocycles. The number of imidazole rings is 1. The Morgan fingerprint density at radius 2 is 1.04 bits per heavy atom. The first-order valence-corrected chi connectivity index (χ1v) is 15.7. The maximum absolute atomic E-state index is 12.9. The number of benzene rings is 6. The van der Waals surface area contributed by atoms with Gasteiger partial charge >= 0.3 is 0 Å². The van der Waals surface area contributed by atoms with Crippen molar-refractivity contribution in [3.63, 3.8) is 0 Å². The third-order valence-electron chi connectivity index (χ3n) is 7.74. The lowest BCUT2D eigenvalue weighted by molar-refractivity contribution is 0.101. The number of aromatic nitrogens is 2. The molecule has 0 fully saturated rings. The Morgan fingerprint density at radius 1 is 0.551 bits per heavy atom. The molecule has 0 aliphatic heterocycles. The number of H-pyrrole nitrogens is 1. The fourth-order valence-corrected chi connectivity index (χ4v) is 5.11. The molecule has 0 saturated heterocycles. The SMILES string of the molecule is O=C(Nc1ccc(-c2nc3cc(NC(=O)c4ccc(/N=C/c5ccccc5)cc4)ccc3[nH]2)cc1)c1ccc(/N=C/c2ccccc2)cc1. The summed E-state index contributed by atoms with van der Waals surface area (Å²) >= 11 is 0. The standard InChI is InChI=1S/C41H30N6O2/c48-40(31-13-17-33(18-14-31)42-26-28-7-3-1-4-8-28)44-35-21-11-30(12-22-35)39-46-37-24-23-36(25-38(37)47-39)45-41(49)32-15-19-34(20-16-32)43-27-29-9-5-2-6-10-29/h1-27H,(H,44,48)(H,45,49)(H,46,47)/b42-26+,43-27+. The van der Waals surface area contributed by atoms with Gasteiger partial charge in [-0.15, -0.1) is 0 Å². The number of rotatable bonds is 9. The number of amides is 2. The predicted octanol–water partition coefficient (Wildman–Crippen LogP) is 9.24. The molecule has 0 radical (unpaired) electrons. The number of carbonyl (C=O) groups excluding carboxylic acids is 2. The Balaban J connectivity index is 0.959. The first kappa shape index (κ1) is 30.7. The lowest BCUT2D eigenvalue weighted by Gasteiger charge is -2.06. The predicted molar refractivity (Wildman–Crippen MR) is 198 cm³/mol. The van der Waals surface area contributed by atoms with Crippen molar-refractivity contribution in [1.29, 1.82) is 0 Å². The molecule has 0 aliphatic carbocycles. The van der Waals surface area contributed by atoms with Crippen molar-refractivity contribution in [2.45, 2.75) is 0 Å². The highest BCUT2D eigenvalue weighted by molar-refractivity contribution is 6.05. The molecule has 6 aromatic carbocycles. The summed E-state index contributed by atoms with van der Waals surface area (Å²) < 4.78 is 0. The molecule has 0 unspecified atom stereocenters. The molecule has 0 bridgehead atoms. The minimum absolute atomic E-state index is 0.211. The molecule has 1 heterocycles. The Labute approximate surface area is 283 Å². The van der Waals surface area contributed by atoms with Gasteiger partial charge in [0.15, 0.2) is 0 Å². The summed E-state index contributed by atoms with van der Waals surface area (Å²) in [7, 11) is 0. The van der Waals surface area contributed by atoms with E-state index in [-0.39, 0.29) is 11.8 Å². The second kappa shape index (κ2) is 14.2. The molecule has 3 N–H and O–H groups in total. The highest BCUT2D eigenvalue weighted by Crippen LogP contribution is 2.25. The summed E-state index contributed by atoms with van der Waals surface area (Å²) in [6.07, 6.45) is 3.58. The van der Waals surface area contributed by atoms with Gasteiger partial charge in [-0.1, -0.05) is 60.7 Å². The Bertz CT molecular complexity index is 2280. The molecule has 0 saturated carbocycles. The van der Waals surface area contributed by atoms with Crippen molar-refractivity contribution in [2.24, 2.45) is 9.98 Å². The van der Waals surface area contributed by atoms with E-state index in [1.54, 1.807) is 36.7 Å². The van der Waals surface area contributed by atoms with E-state index in [0.29, 0.717) is 33.8 Å². The van der Waals surface area contributed by atoms with Crippen LogP contribution in [0.15, 0.2) is 162 Å². The van der Waals surface area contributed by atoms with Gasteiger partial charge in [-0.3, -0.25) is 19.6 Å². The third-order valence-corrected chi connectivity index (χ3v) is 7.74. The fraction of sp³-hybridized carbons (Fsp3) is 0. The highest BCUT2D eigenvalue weighted by Gasteiger charge is 2.11. The summed E-state index contributed by atoms with van der Waals surface area (Å²) in [6, 6.07) is 47.0. The number of hydrogen-bond acceptors (Lipinski definition) is 5. The van der Waals surface area contributed by atoms with Crippen LogP contribution in [0.3, 0.4) is 0 Å². The van der Waals surface area contributed by atoms with E-state index in [0.717, 1.165) is 33.6 Å². The van der Waals surface area contributed by atoms with E-state index < -0.39 is 0 Å². The van der Waals surface area contributed by atoms with E-state index in [1.165, 1.54) is 0 Å². The number of aliphatic imine (C=N–C) groups is 2. The maximum atomic E-state index is 12.9. The Kier molecular flexibility index (Phi) is 8.92. The van der Waals surface area contributed by atoms with Crippen molar-refractivity contribution in [1.82, 2.24) is 9.97 Å². The first-order chi connectivity index (χ1) is 24.1. The molecule has 8 heteroatoms. The number of anilines is 2. The summed E-state index contributed by atoms with van der Waals surface area (Å²) in [5.74, 6) is 0.241. The van der Waals surface area contributed by atoms with Gasteiger partial charge in [-0.05, 0) is 102 Å². The van der Waals surface area contributed by atoms with Crippen LogP contribution in [0.2, 0.25) is 0 Å². The van der Waals surface area contributed by atoms with Gasteiger partial charge in [-0.25, -0.2) is 4.98 Å². The number of nitrogens with zero attached hydrogens (tertiary/aromatic N) is 3. The lowest BCUT2D eigenvalue weighted by Crippen LogP contribution is -2.11. The van der Waals surface area contributed by atoms with Gasteiger partial charge in [0, 0.05) is 40.5 Å². The summed E-state index contributed by atoms with van der Waals surface area (Å²) in [4.78, 5) is 42.8. The van der Waals surface area contributed by atoms with Gasteiger partial charge in [0.2, 0.25) is 0 Å². The number of fused-ring (bicyclic) bond motifs is 1. The Morgan fingerprint density at radius 3 is 1.57 bits per heavy atom. The largest absolute Gasteiger partial charge is 0.338 e. The molecule has 0 atom stereocenters. The van der Waals surface area contributed by atoms with Crippen LogP contribution in [0.25, 0.3) is 22.4 Å². The van der Waals surface area contributed by atoms with Crippen molar-refractivity contribution in [3.05, 3.63) is 174 Å². The van der Waals surface area contributed by atoms with Crippen molar-refractivity contribution >= 4 is 58.0 Å². The topological polar surface area (TPSA) is 112 Å². The molecule has 236 valence electrons. The van der Waals surface area contributed by atoms with Gasteiger partial charge in [0.25, 0.3) is 11.8 Å². The molecule has 0 aliphatic rings. The van der Waals surface area contributed by atoms with Crippen LogP contribution in [0.4, 0.5) is 22.7 Å². The van der Waals surface area contributed by atoms with Crippen LogP contribution in [0, 0.1) is 0 Å². The van der Waals surface area contributed by atoms with E-state index >= 15 is 0 Å². The van der Waals surface area contributed by atoms with E-state index in [9.17, 15) is 9.59 Å². The van der Waals surface area contributed by atoms with Crippen LogP contribution in [0.1, 0.15) is 31.8 Å². The molecular weight excluding hydrogens is 608 g/mol. The van der Waals surface area contributed by atoms with Crippen LogP contribution < -0.4 is 10.6 Å². The van der Waals surface area contributed by atoms with Crippen molar-refractivity contribution in [3.8, 4) is 11.4 Å². The average Bonchev–Trinajstić information content (AvgIpc) is 3.58. The summed E-state index contributed by atoms with van der Waals surface area (Å²) in [5, 5.41) is 5.89. The third kappa shape index (κ3) is 7.73. The average molecular weight is 639 g/mol. The molecule has 8 nitrogen and oxygen atoms in total. The molecule has 7 rings (SSSR count). The zero-order valence-corrected chi connectivity index (χ0v) is 26.2. The van der Waals surface area contributed by atoms with Crippen LogP contribution >= 0.6 is 0 Å². The second-order valence-corrected chi connectivity index (χ2v) is 11.2. The van der Waals surface area contributed by atoms with Gasteiger partial charge in [0.05, 0.1) is 22.4 Å². The summed E-state index contributed by atoms with van der Waals surface area (Å²) in [6.45, 7) is 0. The van der Waals surface area contributed by atoms with E-state index in [2.05, 4.69) is 25.6 Å². The zero-order valence-electron chi connectivity index (χ0n) is 26.2. The summed E-state index contributed by atoms with van der Waals surface area (Å²) in [5.41, 5.74) is 8.31. The quantitative estimate of drug-likeness (QED) is 0.137. The zero-order chi connectivity index (χ0) is 33.4. The van der Waals surface area contributed by atoms with Crippen LogP contribution in [-0.4, -0.2) is 34.2 Å². The van der Waals surface area contributed by atoms with Gasteiger partial charge in [0.1, 0.15) is 5.82 Å². The second-order valence-electron chi connectivity index (χ2n) is 11.2. The minimum atomic E-state index is -0.223. The first-order valence-electron chi connectivity index (χ1n) is 15.7. The number of hydrogen-bond donors (Lipinski definition) is 3. The number of aromatic amines is 1. The van der Waals surface area contributed by atoms with E-state index in [4.69, 9.17) is 4.98 Å². The minimum Gasteiger partial charge on any atom is -0.338 e. The normalized spacial score (nSPS) is 11.3. The smallest absolute Gasteiger partial charge is 0.255 e. The van der Waals surface area contributed by atoms with E-state index in [1.807, 2.05) is 127 Å². The van der Waals surface area contributed by atoms with Crippen molar-refractivity contribution < 1.29 is 9.59 Å². The monoisotopic (exact) mass is 638 g/mol. The van der Waals surface area contributed by atoms with Crippen LogP contribution in [-0.2, 0) is 0 Å². The highest BCUT2D eigenvalue weighted by atomic mass is 16.2. The lowest BCUT2D eigenvalue weighted by atomic mass is 10.1. The molecular formula is C41H30N6O2. The number of nitrogens with one attached hydrogen (secondary N) is 3.